The first kappa shape index (κ1) is 10.9. The van der Waals surface area contributed by atoms with Crippen LogP contribution in [0.2, 0.25) is 0 Å². The minimum Gasteiger partial charge on any atom is -0.341 e. The zero-order chi connectivity index (χ0) is 11.1. The summed E-state index contributed by atoms with van der Waals surface area (Å²) in [5.41, 5.74) is 0.156. The molecular weight excluding hydrogens is 188 g/mol. The first-order valence-electron chi connectivity index (χ1n) is 6.02. The van der Waals surface area contributed by atoms with E-state index in [1.165, 1.54) is 0 Å². The van der Waals surface area contributed by atoms with Crippen LogP contribution in [-0.2, 0) is 4.79 Å². The summed E-state index contributed by atoms with van der Waals surface area (Å²) < 4.78 is 0. The van der Waals surface area contributed by atoms with Crippen molar-refractivity contribution in [3.05, 3.63) is 0 Å². The lowest BCUT2D eigenvalue weighted by Crippen LogP contribution is -2.45. The van der Waals surface area contributed by atoms with Crippen molar-refractivity contribution in [3.8, 4) is 0 Å². The Morgan fingerprint density at radius 3 is 2.47 bits per heavy atom. The summed E-state index contributed by atoms with van der Waals surface area (Å²) >= 11 is 0. The van der Waals surface area contributed by atoms with Crippen molar-refractivity contribution in [2.45, 2.75) is 51.6 Å². The molecule has 1 saturated carbocycles. The number of carbonyl (C=O) groups is 1. The Labute approximate surface area is 92.2 Å². The quantitative estimate of drug-likeness (QED) is 0.747. The zero-order valence-corrected chi connectivity index (χ0v) is 10.0. The Bertz CT molecular complexity index is 253. The van der Waals surface area contributed by atoms with Crippen LogP contribution in [0.5, 0.6) is 0 Å². The largest absolute Gasteiger partial charge is 0.341 e. The third-order valence-corrected chi connectivity index (χ3v) is 3.06. The summed E-state index contributed by atoms with van der Waals surface area (Å²) in [7, 11) is 0. The van der Waals surface area contributed by atoms with Gasteiger partial charge in [-0.05, 0) is 40.0 Å². The molecule has 0 aromatic rings. The Morgan fingerprint density at radius 2 is 1.93 bits per heavy atom. The van der Waals surface area contributed by atoms with Crippen molar-refractivity contribution < 1.29 is 4.79 Å². The second kappa shape index (κ2) is 3.78. The van der Waals surface area contributed by atoms with E-state index in [-0.39, 0.29) is 5.54 Å². The topological polar surface area (TPSA) is 32.3 Å². The third-order valence-electron chi connectivity index (χ3n) is 3.06. The number of hydrogen-bond donors (Lipinski definition) is 1. The van der Waals surface area contributed by atoms with Gasteiger partial charge < -0.3 is 10.2 Å². The molecule has 2 fully saturated rings. The highest BCUT2D eigenvalue weighted by molar-refractivity contribution is 5.81. The number of amides is 1. The Balaban J connectivity index is 1.81. The summed E-state index contributed by atoms with van der Waals surface area (Å²) in [5, 5.41) is 3.57. The van der Waals surface area contributed by atoms with Crippen molar-refractivity contribution in [2.24, 2.45) is 5.92 Å². The van der Waals surface area contributed by atoms with Crippen LogP contribution in [0.25, 0.3) is 0 Å². The van der Waals surface area contributed by atoms with E-state index in [0.29, 0.717) is 17.9 Å². The van der Waals surface area contributed by atoms with E-state index in [9.17, 15) is 4.79 Å². The van der Waals surface area contributed by atoms with Crippen LogP contribution in [0.1, 0.15) is 40.0 Å². The molecule has 3 nitrogen and oxygen atoms in total. The molecule has 0 radical (unpaired) electrons. The van der Waals surface area contributed by atoms with E-state index in [4.69, 9.17) is 0 Å². The molecule has 2 aliphatic rings. The highest BCUT2D eigenvalue weighted by Gasteiger charge is 2.37. The standard InChI is InChI=1S/C12H22N2O/c1-12(2,3)13-10-6-7-14(8-10)11(15)9-4-5-9/h9-10,13H,4-8H2,1-3H3/t10-/m0/s1. The van der Waals surface area contributed by atoms with E-state index in [1.807, 2.05) is 4.90 Å². The minimum absolute atomic E-state index is 0.156. The number of hydrogen-bond acceptors (Lipinski definition) is 2. The van der Waals surface area contributed by atoms with Crippen molar-refractivity contribution in [1.82, 2.24) is 10.2 Å². The first-order chi connectivity index (χ1) is 6.96. The maximum absolute atomic E-state index is 11.8. The van der Waals surface area contributed by atoms with Gasteiger partial charge in [0.25, 0.3) is 0 Å². The van der Waals surface area contributed by atoms with Crippen LogP contribution < -0.4 is 5.32 Å². The van der Waals surface area contributed by atoms with Crippen molar-refractivity contribution in [1.29, 1.82) is 0 Å². The number of rotatable bonds is 2. The van der Waals surface area contributed by atoms with Crippen LogP contribution in [0.15, 0.2) is 0 Å². The number of nitrogens with zero attached hydrogens (tertiary/aromatic N) is 1. The van der Waals surface area contributed by atoms with Gasteiger partial charge >= 0.3 is 0 Å². The van der Waals surface area contributed by atoms with Crippen molar-refractivity contribution in [2.75, 3.05) is 13.1 Å². The van der Waals surface area contributed by atoms with E-state index >= 15 is 0 Å². The summed E-state index contributed by atoms with van der Waals surface area (Å²) in [4.78, 5) is 13.9. The highest BCUT2D eigenvalue weighted by atomic mass is 16.2. The molecule has 15 heavy (non-hydrogen) atoms. The molecule has 1 N–H and O–H groups in total. The van der Waals surface area contributed by atoms with Gasteiger partial charge in [-0.2, -0.15) is 0 Å². The molecule has 2 rings (SSSR count). The molecule has 0 unspecified atom stereocenters. The predicted octanol–water partition coefficient (Wildman–Crippen LogP) is 1.39. The SMILES string of the molecule is CC(C)(C)N[C@H]1CCN(C(=O)C2CC2)C1. The average molecular weight is 210 g/mol. The molecule has 1 aliphatic carbocycles. The molecule has 1 aliphatic heterocycles. The van der Waals surface area contributed by atoms with Gasteiger partial charge in [0.2, 0.25) is 5.91 Å². The molecule has 1 saturated heterocycles. The molecule has 1 atom stereocenters. The molecule has 0 bridgehead atoms. The second-order valence-corrected chi connectivity index (χ2v) is 5.94. The summed E-state index contributed by atoms with van der Waals surface area (Å²) in [6, 6.07) is 0.493. The van der Waals surface area contributed by atoms with E-state index in [1.54, 1.807) is 0 Å². The molecule has 0 aromatic heterocycles. The fraction of sp³-hybridized carbons (Fsp3) is 0.917. The van der Waals surface area contributed by atoms with E-state index < -0.39 is 0 Å². The van der Waals surface area contributed by atoms with Crippen molar-refractivity contribution in [3.63, 3.8) is 0 Å². The normalized spacial score (nSPS) is 27.1. The summed E-state index contributed by atoms with van der Waals surface area (Å²) in [6.07, 6.45) is 3.34. The third kappa shape index (κ3) is 2.94. The number of likely N-dealkylation sites (tertiary alicyclic amines) is 1. The molecule has 0 aromatic carbocycles. The first-order valence-corrected chi connectivity index (χ1v) is 6.02. The van der Waals surface area contributed by atoms with Gasteiger partial charge in [0.05, 0.1) is 0 Å². The number of nitrogens with one attached hydrogen (secondary N) is 1. The smallest absolute Gasteiger partial charge is 0.225 e. The van der Waals surface area contributed by atoms with Crippen LogP contribution in [0, 0.1) is 5.92 Å². The van der Waals surface area contributed by atoms with E-state index in [2.05, 4.69) is 26.1 Å². The van der Waals surface area contributed by atoms with Crippen molar-refractivity contribution >= 4 is 5.91 Å². The van der Waals surface area contributed by atoms with Gasteiger partial charge in [-0.3, -0.25) is 4.79 Å². The number of carbonyl (C=O) groups excluding carboxylic acids is 1. The van der Waals surface area contributed by atoms with Gasteiger partial charge in [-0.15, -0.1) is 0 Å². The van der Waals surface area contributed by atoms with Crippen LogP contribution >= 0.6 is 0 Å². The molecule has 86 valence electrons. The lowest BCUT2D eigenvalue weighted by atomic mass is 10.1. The maximum atomic E-state index is 11.8. The van der Waals surface area contributed by atoms with Crippen LogP contribution in [0.4, 0.5) is 0 Å². The molecular formula is C12H22N2O. The lowest BCUT2D eigenvalue weighted by molar-refractivity contribution is -0.131. The zero-order valence-electron chi connectivity index (χ0n) is 10.0. The predicted molar refractivity (Wildman–Crippen MR) is 60.6 cm³/mol. The lowest BCUT2D eigenvalue weighted by Gasteiger charge is -2.26. The molecule has 1 amide bonds. The van der Waals surface area contributed by atoms with Gasteiger partial charge in [0.1, 0.15) is 0 Å². The molecule has 0 spiro atoms. The fourth-order valence-electron chi connectivity index (χ4n) is 2.28. The summed E-state index contributed by atoms with van der Waals surface area (Å²) in [6.45, 7) is 8.39. The Hall–Kier alpha value is -0.570. The maximum Gasteiger partial charge on any atom is 0.225 e. The van der Waals surface area contributed by atoms with Crippen LogP contribution in [0.3, 0.4) is 0 Å². The van der Waals surface area contributed by atoms with Gasteiger partial charge in [0.15, 0.2) is 0 Å². The molecule has 1 heterocycles. The Kier molecular flexibility index (Phi) is 2.75. The second-order valence-electron chi connectivity index (χ2n) is 5.94. The van der Waals surface area contributed by atoms with E-state index in [0.717, 1.165) is 32.4 Å². The monoisotopic (exact) mass is 210 g/mol. The molecule has 3 heteroatoms. The van der Waals surface area contributed by atoms with Gasteiger partial charge in [0, 0.05) is 30.6 Å². The van der Waals surface area contributed by atoms with Gasteiger partial charge in [-0.25, -0.2) is 0 Å². The van der Waals surface area contributed by atoms with Gasteiger partial charge in [-0.1, -0.05) is 0 Å². The summed E-state index contributed by atoms with van der Waals surface area (Å²) in [5.74, 6) is 0.770. The highest BCUT2D eigenvalue weighted by Crippen LogP contribution is 2.32. The Morgan fingerprint density at radius 1 is 1.27 bits per heavy atom. The average Bonchev–Trinajstić information content (AvgIpc) is 2.85. The fourth-order valence-corrected chi connectivity index (χ4v) is 2.28. The van der Waals surface area contributed by atoms with Crippen LogP contribution in [-0.4, -0.2) is 35.5 Å². The minimum atomic E-state index is 0.156.